The zero-order chi connectivity index (χ0) is 21.0. The molecule has 1 heterocycles. The molecule has 8 heteroatoms. The SMILES string of the molecule is COCC(C)n1c(C)cc(C(=O)COC(=O)c2cccc(C)c2[N+](=O)[O-])c1C. The average Bonchev–Trinajstić information content (AvgIpc) is 2.93. The number of esters is 1. The summed E-state index contributed by atoms with van der Waals surface area (Å²) in [6.07, 6.45) is 0. The van der Waals surface area contributed by atoms with Gasteiger partial charge >= 0.3 is 5.97 Å². The van der Waals surface area contributed by atoms with Gasteiger partial charge in [0.1, 0.15) is 5.56 Å². The molecule has 1 aromatic carbocycles. The molecule has 150 valence electrons. The molecular formula is C20H24N2O6. The van der Waals surface area contributed by atoms with E-state index in [-0.39, 0.29) is 23.1 Å². The number of rotatable bonds is 8. The van der Waals surface area contributed by atoms with Crippen LogP contribution in [0.3, 0.4) is 0 Å². The molecule has 0 fully saturated rings. The Morgan fingerprint density at radius 1 is 1.21 bits per heavy atom. The molecule has 28 heavy (non-hydrogen) atoms. The van der Waals surface area contributed by atoms with Crippen LogP contribution in [0.15, 0.2) is 24.3 Å². The van der Waals surface area contributed by atoms with E-state index in [2.05, 4.69) is 0 Å². The monoisotopic (exact) mass is 388 g/mol. The van der Waals surface area contributed by atoms with Gasteiger partial charge in [-0.05, 0) is 39.8 Å². The van der Waals surface area contributed by atoms with Crippen LogP contribution in [-0.4, -0.2) is 41.6 Å². The fourth-order valence-electron chi connectivity index (χ4n) is 3.41. The quantitative estimate of drug-likeness (QED) is 0.297. The van der Waals surface area contributed by atoms with Crippen molar-refractivity contribution in [3.05, 3.63) is 62.5 Å². The molecule has 0 bridgehead atoms. The van der Waals surface area contributed by atoms with Crippen molar-refractivity contribution in [2.24, 2.45) is 0 Å². The lowest BCUT2D eigenvalue weighted by atomic mass is 10.1. The minimum atomic E-state index is -0.898. The molecular weight excluding hydrogens is 364 g/mol. The number of nitro groups is 1. The van der Waals surface area contributed by atoms with E-state index in [9.17, 15) is 19.7 Å². The number of para-hydroxylation sites is 1. The van der Waals surface area contributed by atoms with E-state index < -0.39 is 17.5 Å². The number of aromatic nitrogens is 1. The molecule has 0 saturated carbocycles. The highest BCUT2D eigenvalue weighted by Gasteiger charge is 2.25. The highest BCUT2D eigenvalue weighted by molar-refractivity contribution is 6.01. The summed E-state index contributed by atoms with van der Waals surface area (Å²) in [6, 6.07) is 6.18. The average molecular weight is 388 g/mol. The summed E-state index contributed by atoms with van der Waals surface area (Å²) in [6.45, 7) is 7.23. The van der Waals surface area contributed by atoms with Crippen LogP contribution in [0, 0.1) is 30.9 Å². The number of carbonyl (C=O) groups is 2. The number of Topliss-reactive ketones (excluding diaryl/α,β-unsaturated/α-hetero) is 1. The third-order valence-electron chi connectivity index (χ3n) is 4.61. The highest BCUT2D eigenvalue weighted by atomic mass is 16.6. The van der Waals surface area contributed by atoms with E-state index in [1.54, 1.807) is 13.2 Å². The van der Waals surface area contributed by atoms with Crippen LogP contribution in [0.4, 0.5) is 5.69 Å². The first-order valence-corrected chi connectivity index (χ1v) is 8.80. The predicted molar refractivity (Wildman–Crippen MR) is 103 cm³/mol. The lowest BCUT2D eigenvalue weighted by Gasteiger charge is -2.17. The van der Waals surface area contributed by atoms with Crippen molar-refractivity contribution in [3.63, 3.8) is 0 Å². The van der Waals surface area contributed by atoms with Gasteiger partial charge in [-0.25, -0.2) is 4.79 Å². The van der Waals surface area contributed by atoms with Gasteiger partial charge in [0.05, 0.1) is 17.6 Å². The van der Waals surface area contributed by atoms with E-state index in [4.69, 9.17) is 9.47 Å². The van der Waals surface area contributed by atoms with Crippen LogP contribution in [0.25, 0.3) is 0 Å². The Morgan fingerprint density at radius 3 is 2.50 bits per heavy atom. The molecule has 1 unspecified atom stereocenters. The summed E-state index contributed by atoms with van der Waals surface area (Å²) in [5.74, 6) is -1.27. The number of benzene rings is 1. The molecule has 2 rings (SSSR count). The van der Waals surface area contributed by atoms with E-state index in [1.807, 2.05) is 25.3 Å². The van der Waals surface area contributed by atoms with Crippen LogP contribution in [-0.2, 0) is 9.47 Å². The summed E-state index contributed by atoms with van der Waals surface area (Å²) in [4.78, 5) is 35.5. The molecule has 0 N–H and O–H groups in total. The summed E-state index contributed by atoms with van der Waals surface area (Å²) in [7, 11) is 1.61. The maximum Gasteiger partial charge on any atom is 0.345 e. The van der Waals surface area contributed by atoms with Crippen LogP contribution >= 0.6 is 0 Å². The third-order valence-corrected chi connectivity index (χ3v) is 4.61. The Kier molecular flexibility index (Phi) is 6.69. The van der Waals surface area contributed by atoms with Crippen molar-refractivity contribution < 1.29 is 24.0 Å². The second kappa shape index (κ2) is 8.79. The van der Waals surface area contributed by atoms with Crippen LogP contribution in [0.1, 0.15) is 50.6 Å². The summed E-state index contributed by atoms with van der Waals surface area (Å²) < 4.78 is 12.2. The third kappa shape index (κ3) is 4.28. The minimum absolute atomic E-state index is 0.0454. The Labute approximate surface area is 163 Å². The Bertz CT molecular complexity index is 916. The van der Waals surface area contributed by atoms with Crippen LogP contribution < -0.4 is 0 Å². The van der Waals surface area contributed by atoms with Crippen molar-refractivity contribution >= 4 is 17.4 Å². The summed E-state index contributed by atoms with van der Waals surface area (Å²) >= 11 is 0. The molecule has 0 aliphatic heterocycles. The van der Waals surface area contributed by atoms with Gasteiger partial charge in [0.15, 0.2) is 6.61 Å². The second-order valence-corrected chi connectivity index (χ2v) is 6.69. The fourth-order valence-corrected chi connectivity index (χ4v) is 3.41. The number of nitrogens with zero attached hydrogens (tertiary/aromatic N) is 2. The predicted octanol–water partition coefficient (Wildman–Crippen LogP) is 3.57. The Morgan fingerprint density at radius 2 is 1.89 bits per heavy atom. The first-order chi connectivity index (χ1) is 13.2. The number of hydrogen-bond donors (Lipinski definition) is 0. The Hall–Kier alpha value is -3.00. The van der Waals surface area contributed by atoms with Crippen molar-refractivity contribution in [2.75, 3.05) is 20.3 Å². The maximum absolute atomic E-state index is 12.6. The first-order valence-electron chi connectivity index (χ1n) is 8.80. The maximum atomic E-state index is 12.6. The lowest BCUT2D eigenvalue weighted by Crippen LogP contribution is -2.17. The fraction of sp³-hybridized carbons (Fsp3) is 0.400. The number of ether oxygens (including phenoxy) is 2. The number of ketones is 1. The molecule has 0 radical (unpaired) electrons. The molecule has 0 aliphatic carbocycles. The smallest absolute Gasteiger partial charge is 0.345 e. The van der Waals surface area contributed by atoms with Crippen LogP contribution in [0.5, 0.6) is 0 Å². The van der Waals surface area contributed by atoms with E-state index in [0.717, 1.165) is 11.4 Å². The minimum Gasteiger partial charge on any atom is -0.454 e. The first kappa shape index (κ1) is 21.3. The van der Waals surface area contributed by atoms with Gasteiger partial charge in [0.25, 0.3) is 5.69 Å². The van der Waals surface area contributed by atoms with Gasteiger partial charge in [0, 0.05) is 29.6 Å². The highest BCUT2D eigenvalue weighted by Crippen LogP contribution is 2.24. The molecule has 0 spiro atoms. The number of aryl methyl sites for hydroxylation is 2. The number of hydrogen-bond acceptors (Lipinski definition) is 6. The molecule has 1 aromatic heterocycles. The van der Waals surface area contributed by atoms with Gasteiger partial charge in [-0.3, -0.25) is 14.9 Å². The Balaban J connectivity index is 2.18. The van der Waals surface area contributed by atoms with Crippen molar-refractivity contribution in [2.45, 2.75) is 33.7 Å². The standard InChI is InChI=1S/C20H24N2O6/c1-12-7-6-8-16(19(12)22(25)26)20(24)28-11-18(23)17-9-13(2)21(15(17)4)14(3)10-27-5/h6-9,14H,10-11H2,1-5H3. The normalized spacial score (nSPS) is 11.9. The van der Waals surface area contributed by atoms with Crippen molar-refractivity contribution in [1.29, 1.82) is 0 Å². The van der Waals surface area contributed by atoms with E-state index in [1.165, 1.54) is 25.1 Å². The van der Waals surface area contributed by atoms with Crippen molar-refractivity contribution in [3.8, 4) is 0 Å². The zero-order valence-corrected chi connectivity index (χ0v) is 16.6. The van der Waals surface area contributed by atoms with Gasteiger partial charge < -0.3 is 14.0 Å². The van der Waals surface area contributed by atoms with Gasteiger partial charge in [-0.1, -0.05) is 12.1 Å². The zero-order valence-electron chi connectivity index (χ0n) is 16.6. The van der Waals surface area contributed by atoms with Gasteiger partial charge in [0.2, 0.25) is 5.78 Å². The van der Waals surface area contributed by atoms with E-state index in [0.29, 0.717) is 17.7 Å². The van der Waals surface area contributed by atoms with Gasteiger partial charge in [-0.15, -0.1) is 0 Å². The second-order valence-electron chi connectivity index (χ2n) is 6.69. The van der Waals surface area contributed by atoms with Crippen LogP contribution in [0.2, 0.25) is 0 Å². The number of nitro benzene ring substituents is 1. The number of carbonyl (C=O) groups excluding carboxylic acids is 2. The van der Waals surface area contributed by atoms with Crippen molar-refractivity contribution in [1.82, 2.24) is 4.57 Å². The van der Waals surface area contributed by atoms with Gasteiger partial charge in [-0.2, -0.15) is 0 Å². The lowest BCUT2D eigenvalue weighted by molar-refractivity contribution is -0.385. The summed E-state index contributed by atoms with van der Waals surface area (Å²) in [5, 5.41) is 11.2. The molecule has 1 atom stereocenters. The molecule has 8 nitrogen and oxygen atoms in total. The molecule has 0 aliphatic rings. The molecule has 2 aromatic rings. The largest absolute Gasteiger partial charge is 0.454 e. The molecule has 0 saturated heterocycles. The van der Waals surface area contributed by atoms with E-state index >= 15 is 0 Å². The summed E-state index contributed by atoms with van der Waals surface area (Å²) in [5.41, 5.74) is 1.97. The number of methoxy groups -OCH3 is 1. The molecule has 0 amide bonds. The topological polar surface area (TPSA) is 101 Å².